The number of hydrogen-bond donors (Lipinski definition) is 2. The summed E-state index contributed by atoms with van der Waals surface area (Å²) in [6, 6.07) is 12.6. The summed E-state index contributed by atoms with van der Waals surface area (Å²) in [4.78, 5) is 6.81. The lowest BCUT2D eigenvalue weighted by molar-refractivity contribution is 0.432. The van der Waals surface area contributed by atoms with Crippen LogP contribution in [0.25, 0.3) is 11.0 Å². The number of halogens is 2. The molecule has 0 fully saturated rings. The molecule has 0 amide bonds. The molecular weight excluding hydrogens is 445 g/mol. The van der Waals surface area contributed by atoms with Gasteiger partial charge in [-0.2, -0.15) is 0 Å². The number of nitrogens with zero attached hydrogens (tertiary/aromatic N) is 3. The smallest absolute Gasteiger partial charge is 0.179 e. The lowest BCUT2D eigenvalue weighted by Gasteiger charge is -2.10. The van der Waals surface area contributed by atoms with Crippen LogP contribution < -0.4 is 5.73 Å². The Balaban J connectivity index is 0.00000225. The molecule has 0 spiro atoms. The van der Waals surface area contributed by atoms with Crippen LogP contribution in [0.3, 0.4) is 0 Å². The molecule has 0 unspecified atom stereocenters. The first-order chi connectivity index (χ1) is 13.2. The normalized spacial score (nSPS) is 11.2. The first-order valence-electron chi connectivity index (χ1n) is 8.93. The number of benzene rings is 2. The summed E-state index contributed by atoms with van der Waals surface area (Å²) in [5.41, 5.74) is 8.78. The average Bonchev–Trinajstić information content (AvgIpc) is 2.96. The van der Waals surface area contributed by atoms with E-state index in [1.54, 1.807) is 12.1 Å². The Kier molecular flexibility index (Phi) is 8.86. The maximum absolute atomic E-state index is 12.6. The molecule has 164 valence electrons. The van der Waals surface area contributed by atoms with Gasteiger partial charge in [-0.15, -0.1) is 24.8 Å². The van der Waals surface area contributed by atoms with E-state index in [1.807, 2.05) is 60.9 Å². The van der Waals surface area contributed by atoms with E-state index in [0.717, 1.165) is 16.9 Å². The minimum Gasteiger partial charge on any atom is -0.384 e. The van der Waals surface area contributed by atoms with Crippen molar-refractivity contribution >= 4 is 51.5 Å². The van der Waals surface area contributed by atoms with Gasteiger partial charge in [0.2, 0.25) is 0 Å². The van der Waals surface area contributed by atoms with E-state index in [-0.39, 0.29) is 36.4 Å². The highest BCUT2D eigenvalue weighted by Gasteiger charge is 2.17. The molecule has 3 N–H and O–H groups in total. The summed E-state index contributed by atoms with van der Waals surface area (Å²) in [6.07, 6.45) is 0.603. The van der Waals surface area contributed by atoms with Crippen LogP contribution in [0, 0.1) is 5.41 Å². The monoisotopic (exact) mass is 471 g/mol. The van der Waals surface area contributed by atoms with Gasteiger partial charge in [-0.25, -0.2) is 13.4 Å². The zero-order valence-electron chi connectivity index (χ0n) is 17.1. The average molecular weight is 472 g/mol. The molecule has 1 aromatic heterocycles. The lowest BCUT2D eigenvalue weighted by atomic mass is 10.1. The number of amidine groups is 1. The maximum atomic E-state index is 12.6. The first-order valence-corrected chi connectivity index (χ1v) is 10.6. The van der Waals surface area contributed by atoms with E-state index >= 15 is 0 Å². The van der Waals surface area contributed by atoms with Gasteiger partial charge in [0.1, 0.15) is 11.7 Å². The number of fused-ring (bicyclic) bond motifs is 1. The second-order valence-electron chi connectivity index (χ2n) is 7.15. The third-order valence-corrected chi connectivity index (χ3v) is 6.43. The molecule has 0 aliphatic rings. The highest BCUT2D eigenvalue weighted by Crippen LogP contribution is 2.22. The summed E-state index contributed by atoms with van der Waals surface area (Å²) in [7, 11) is 2.29. The molecule has 2 aromatic carbocycles. The van der Waals surface area contributed by atoms with Crippen LogP contribution >= 0.6 is 24.8 Å². The summed E-state index contributed by atoms with van der Waals surface area (Å²) < 4.78 is 27.1. The zero-order chi connectivity index (χ0) is 20.5. The number of aromatic nitrogens is 2. The highest BCUT2D eigenvalue weighted by molar-refractivity contribution is 7.91. The molecule has 3 rings (SSSR count). The number of hydrogen-bond acceptors (Lipinski definition) is 5. The number of nitrogen functional groups attached to an aromatic ring is 1. The largest absolute Gasteiger partial charge is 0.384 e. The van der Waals surface area contributed by atoms with Crippen molar-refractivity contribution in [3.63, 3.8) is 0 Å². The van der Waals surface area contributed by atoms with Crippen LogP contribution in [0.1, 0.15) is 17.0 Å². The maximum Gasteiger partial charge on any atom is 0.179 e. The van der Waals surface area contributed by atoms with Crippen molar-refractivity contribution in [1.29, 1.82) is 5.41 Å². The molecule has 0 atom stereocenters. The molecule has 0 bridgehead atoms. The molecule has 1 heterocycles. The van der Waals surface area contributed by atoms with Crippen molar-refractivity contribution in [3.8, 4) is 0 Å². The second kappa shape index (κ2) is 10.3. The molecule has 7 nitrogen and oxygen atoms in total. The van der Waals surface area contributed by atoms with E-state index in [1.165, 1.54) is 0 Å². The molecular formula is C20H27Cl2N5O2S. The first kappa shape index (κ1) is 25.9. The quantitative estimate of drug-likeness (QED) is 0.406. The second-order valence-corrected chi connectivity index (χ2v) is 9.26. The van der Waals surface area contributed by atoms with Gasteiger partial charge in [0.25, 0.3) is 0 Å². The fourth-order valence-electron chi connectivity index (χ4n) is 2.99. The van der Waals surface area contributed by atoms with Gasteiger partial charge in [-0.3, -0.25) is 5.41 Å². The minimum atomic E-state index is -3.35. The van der Waals surface area contributed by atoms with E-state index in [9.17, 15) is 8.42 Å². The van der Waals surface area contributed by atoms with E-state index in [0.29, 0.717) is 28.9 Å². The Bertz CT molecular complexity index is 1130. The van der Waals surface area contributed by atoms with Crippen molar-refractivity contribution < 1.29 is 8.42 Å². The van der Waals surface area contributed by atoms with Crippen LogP contribution in [-0.4, -0.2) is 55.1 Å². The molecule has 0 aliphatic heterocycles. The summed E-state index contributed by atoms with van der Waals surface area (Å²) >= 11 is 0. The van der Waals surface area contributed by atoms with Crippen LogP contribution in [0.5, 0.6) is 0 Å². The van der Waals surface area contributed by atoms with Crippen molar-refractivity contribution in [2.45, 2.75) is 11.3 Å². The molecule has 3 aromatic rings. The van der Waals surface area contributed by atoms with E-state index < -0.39 is 9.84 Å². The molecule has 30 heavy (non-hydrogen) atoms. The van der Waals surface area contributed by atoms with E-state index in [2.05, 4.69) is 4.98 Å². The topological polar surface area (TPSA) is 105 Å². The third-order valence-electron chi connectivity index (χ3n) is 4.74. The highest BCUT2D eigenvalue weighted by atomic mass is 35.5. The Morgan fingerprint density at radius 1 is 1.13 bits per heavy atom. The van der Waals surface area contributed by atoms with Crippen LogP contribution in [0.15, 0.2) is 47.4 Å². The minimum absolute atomic E-state index is 0. The molecule has 0 radical (unpaired) electrons. The van der Waals surface area contributed by atoms with Gasteiger partial charge in [0, 0.05) is 25.6 Å². The number of sulfone groups is 1. The van der Waals surface area contributed by atoms with Gasteiger partial charge in [0.15, 0.2) is 9.84 Å². The molecule has 10 heteroatoms. The third kappa shape index (κ3) is 5.72. The van der Waals surface area contributed by atoms with Crippen LogP contribution in [-0.2, 0) is 23.3 Å². The Morgan fingerprint density at radius 3 is 2.33 bits per heavy atom. The fourth-order valence-corrected chi connectivity index (χ4v) is 4.39. The van der Waals surface area contributed by atoms with Crippen molar-refractivity contribution in [1.82, 2.24) is 14.5 Å². The number of aryl methyl sites for hydroxylation is 1. The van der Waals surface area contributed by atoms with Gasteiger partial charge in [-0.1, -0.05) is 24.3 Å². The molecule has 0 saturated heterocycles. The Labute approximate surface area is 189 Å². The number of nitrogens with two attached hydrogens (primary N) is 1. The summed E-state index contributed by atoms with van der Waals surface area (Å²) in [5.74, 6) is 0.957. The SMILES string of the molecule is CN(C)CCS(=O)(=O)c1ccc2c(c1)nc(Cc1ccc(C(=N)N)cc1)n2C.Cl.Cl. The van der Waals surface area contributed by atoms with Gasteiger partial charge >= 0.3 is 0 Å². The Morgan fingerprint density at radius 2 is 1.77 bits per heavy atom. The van der Waals surface area contributed by atoms with Gasteiger partial charge < -0.3 is 15.2 Å². The molecule has 0 saturated carbocycles. The molecule has 0 aliphatic carbocycles. The fraction of sp³-hybridized carbons (Fsp3) is 0.300. The zero-order valence-corrected chi connectivity index (χ0v) is 19.6. The predicted octanol–water partition coefficient (Wildman–Crippen LogP) is 2.63. The van der Waals surface area contributed by atoms with Gasteiger partial charge in [-0.05, 0) is 37.9 Å². The van der Waals surface area contributed by atoms with Crippen LogP contribution in [0.4, 0.5) is 0 Å². The Hall–Kier alpha value is -2.13. The summed E-state index contributed by atoms with van der Waals surface area (Å²) in [6.45, 7) is 0.476. The van der Waals surface area contributed by atoms with Crippen molar-refractivity contribution in [2.24, 2.45) is 12.8 Å². The number of rotatable bonds is 7. The number of nitrogens with one attached hydrogen (secondary N) is 1. The van der Waals surface area contributed by atoms with Crippen molar-refractivity contribution in [2.75, 3.05) is 26.4 Å². The predicted molar refractivity (Wildman–Crippen MR) is 126 cm³/mol. The number of imidazole rings is 1. The summed E-state index contributed by atoms with van der Waals surface area (Å²) in [5, 5.41) is 7.47. The van der Waals surface area contributed by atoms with E-state index in [4.69, 9.17) is 11.1 Å². The lowest BCUT2D eigenvalue weighted by Crippen LogP contribution is -2.21. The standard InChI is InChI=1S/C20H25N5O2S.2ClH/c1-24(2)10-11-28(26,27)16-8-9-18-17(13-16)23-19(25(18)3)12-14-4-6-15(7-5-14)20(21)22;;/h4-9,13H,10-12H2,1-3H3,(H3,21,22);2*1H. The van der Waals surface area contributed by atoms with Crippen LogP contribution in [0.2, 0.25) is 0 Å². The van der Waals surface area contributed by atoms with Crippen molar-refractivity contribution in [3.05, 3.63) is 59.4 Å². The van der Waals surface area contributed by atoms with Gasteiger partial charge in [0.05, 0.1) is 21.7 Å².